The van der Waals surface area contributed by atoms with Crippen molar-refractivity contribution in [2.75, 3.05) is 39.0 Å². The molecule has 0 saturated carbocycles. The van der Waals surface area contributed by atoms with Gasteiger partial charge in [0.05, 0.1) is 12.2 Å². The van der Waals surface area contributed by atoms with Gasteiger partial charge in [-0.25, -0.2) is 0 Å². The molecule has 1 rings (SSSR count). The van der Waals surface area contributed by atoms with E-state index in [1.54, 1.807) is 13.1 Å². The predicted octanol–water partition coefficient (Wildman–Crippen LogP) is 0.715. The number of nitrogens with one attached hydrogen (secondary N) is 1. The molecule has 0 aliphatic carbocycles. The number of anilines is 1. The van der Waals surface area contributed by atoms with E-state index < -0.39 is 0 Å². The van der Waals surface area contributed by atoms with E-state index in [4.69, 9.17) is 10.5 Å². The lowest BCUT2D eigenvalue weighted by atomic mass is 10.3. The van der Waals surface area contributed by atoms with Crippen LogP contribution < -0.4 is 15.8 Å². The highest BCUT2D eigenvalue weighted by atomic mass is 16.5. The van der Waals surface area contributed by atoms with Gasteiger partial charge in [-0.1, -0.05) is 19.1 Å². The average Bonchev–Trinajstić information content (AvgIpc) is 2.39. The van der Waals surface area contributed by atoms with Crippen LogP contribution in [0, 0.1) is 0 Å². The first-order valence-electron chi connectivity index (χ1n) is 6.07. The molecule has 18 heavy (non-hydrogen) atoms. The number of hydrogen-bond donors (Lipinski definition) is 2. The quantitative estimate of drug-likeness (QED) is 0.701. The molecule has 0 heterocycles. The smallest absolute Gasteiger partial charge is 0.233 e. The molecule has 0 unspecified atom stereocenters. The van der Waals surface area contributed by atoms with Crippen LogP contribution >= 0.6 is 0 Å². The summed E-state index contributed by atoms with van der Waals surface area (Å²) in [4.78, 5) is 13.3. The van der Waals surface area contributed by atoms with Crippen molar-refractivity contribution in [1.29, 1.82) is 0 Å². The van der Waals surface area contributed by atoms with Crippen LogP contribution in [-0.4, -0.2) is 44.1 Å². The van der Waals surface area contributed by atoms with Gasteiger partial charge in [0.2, 0.25) is 5.91 Å². The minimum absolute atomic E-state index is 0.0103. The van der Waals surface area contributed by atoms with Crippen LogP contribution in [0.1, 0.15) is 6.92 Å². The van der Waals surface area contributed by atoms with Crippen molar-refractivity contribution in [1.82, 2.24) is 10.2 Å². The Bertz CT molecular complexity index is 382. The van der Waals surface area contributed by atoms with Gasteiger partial charge in [-0.15, -0.1) is 0 Å². The molecule has 5 heteroatoms. The third-order valence-corrected chi connectivity index (χ3v) is 2.68. The highest BCUT2D eigenvalue weighted by molar-refractivity contribution is 5.77. The van der Waals surface area contributed by atoms with Gasteiger partial charge in [-0.2, -0.15) is 0 Å². The van der Waals surface area contributed by atoms with Crippen molar-refractivity contribution in [2.45, 2.75) is 6.92 Å². The molecule has 0 aliphatic heterocycles. The number of hydrogen-bond acceptors (Lipinski definition) is 4. The number of nitrogen functional groups attached to an aromatic ring is 1. The second-order valence-corrected chi connectivity index (χ2v) is 3.93. The standard InChI is InChI=1S/C13H21N3O2/c1-3-16(10-13(17)15-2)8-9-18-12-7-5-4-6-11(12)14/h4-7H,3,8-10,14H2,1-2H3,(H,15,17). The number of para-hydroxylation sites is 2. The van der Waals surface area contributed by atoms with Crippen LogP contribution in [0.25, 0.3) is 0 Å². The third-order valence-electron chi connectivity index (χ3n) is 2.68. The molecule has 0 aromatic heterocycles. The van der Waals surface area contributed by atoms with E-state index in [1.807, 2.05) is 30.0 Å². The molecule has 0 saturated heterocycles. The van der Waals surface area contributed by atoms with Crippen LogP contribution in [-0.2, 0) is 4.79 Å². The van der Waals surface area contributed by atoms with Crippen molar-refractivity contribution in [2.24, 2.45) is 0 Å². The molecular weight excluding hydrogens is 230 g/mol. The molecule has 1 amide bonds. The summed E-state index contributed by atoms with van der Waals surface area (Å²) in [6, 6.07) is 7.39. The SMILES string of the molecule is CCN(CCOc1ccccc1N)CC(=O)NC. The summed E-state index contributed by atoms with van der Waals surface area (Å²) >= 11 is 0. The molecule has 5 nitrogen and oxygen atoms in total. The Kier molecular flexibility index (Phi) is 6.00. The maximum Gasteiger partial charge on any atom is 0.233 e. The Morgan fingerprint density at radius 1 is 1.44 bits per heavy atom. The normalized spacial score (nSPS) is 10.4. The molecule has 0 bridgehead atoms. The highest BCUT2D eigenvalue weighted by Crippen LogP contribution is 2.19. The first-order chi connectivity index (χ1) is 8.67. The molecule has 0 atom stereocenters. The number of benzene rings is 1. The molecule has 0 radical (unpaired) electrons. The van der Waals surface area contributed by atoms with Crippen molar-refractivity contribution in [3.8, 4) is 5.75 Å². The van der Waals surface area contributed by atoms with Gasteiger partial charge in [0.25, 0.3) is 0 Å². The van der Waals surface area contributed by atoms with Crippen LogP contribution in [0.3, 0.4) is 0 Å². The van der Waals surface area contributed by atoms with Crippen LogP contribution in [0.5, 0.6) is 5.75 Å². The van der Waals surface area contributed by atoms with E-state index in [2.05, 4.69) is 5.32 Å². The number of nitrogens with zero attached hydrogens (tertiary/aromatic N) is 1. The predicted molar refractivity (Wildman–Crippen MR) is 72.5 cm³/mol. The number of ether oxygens (including phenoxy) is 1. The Balaban J connectivity index is 2.35. The molecule has 1 aromatic rings. The molecule has 100 valence electrons. The summed E-state index contributed by atoms with van der Waals surface area (Å²) in [5.74, 6) is 0.699. The Morgan fingerprint density at radius 3 is 2.78 bits per heavy atom. The van der Waals surface area contributed by atoms with E-state index in [1.165, 1.54) is 0 Å². The number of likely N-dealkylation sites (N-methyl/N-ethyl adjacent to an activating group) is 2. The maximum absolute atomic E-state index is 11.3. The highest BCUT2D eigenvalue weighted by Gasteiger charge is 2.07. The second kappa shape index (κ2) is 7.55. The minimum Gasteiger partial charge on any atom is -0.490 e. The van der Waals surface area contributed by atoms with Crippen LogP contribution in [0.4, 0.5) is 5.69 Å². The Labute approximate surface area is 108 Å². The average molecular weight is 251 g/mol. The fraction of sp³-hybridized carbons (Fsp3) is 0.462. The second-order valence-electron chi connectivity index (χ2n) is 3.93. The van der Waals surface area contributed by atoms with Crippen LogP contribution in [0.15, 0.2) is 24.3 Å². The molecular formula is C13H21N3O2. The Hall–Kier alpha value is -1.75. The first kappa shape index (κ1) is 14.3. The van der Waals surface area contributed by atoms with Gasteiger partial charge in [-0.05, 0) is 18.7 Å². The number of amides is 1. The summed E-state index contributed by atoms with van der Waals surface area (Å²) < 4.78 is 5.59. The number of rotatable bonds is 7. The molecule has 3 N–H and O–H groups in total. The van der Waals surface area contributed by atoms with E-state index in [0.29, 0.717) is 31.1 Å². The van der Waals surface area contributed by atoms with Crippen molar-refractivity contribution in [3.63, 3.8) is 0 Å². The van der Waals surface area contributed by atoms with Crippen molar-refractivity contribution < 1.29 is 9.53 Å². The van der Waals surface area contributed by atoms with Gasteiger partial charge in [0.15, 0.2) is 0 Å². The van der Waals surface area contributed by atoms with Gasteiger partial charge < -0.3 is 15.8 Å². The van der Waals surface area contributed by atoms with Gasteiger partial charge >= 0.3 is 0 Å². The summed E-state index contributed by atoms with van der Waals surface area (Å²) in [5, 5.41) is 2.61. The van der Waals surface area contributed by atoms with Crippen molar-refractivity contribution >= 4 is 11.6 Å². The third kappa shape index (κ3) is 4.63. The zero-order valence-electron chi connectivity index (χ0n) is 11.0. The zero-order chi connectivity index (χ0) is 13.4. The van der Waals surface area contributed by atoms with Crippen LogP contribution in [0.2, 0.25) is 0 Å². The molecule has 0 aliphatic rings. The summed E-state index contributed by atoms with van der Waals surface area (Å²) in [6.45, 7) is 4.42. The molecule has 1 aromatic carbocycles. The number of nitrogens with two attached hydrogens (primary N) is 1. The van der Waals surface area contributed by atoms with E-state index in [-0.39, 0.29) is 5.91 Å². The fourth-order valence-electron chi connectivity index (χ4n) is 1.53. The molecule has 0 spiro atoms. The van der Waals surface area contributed by atoms with Gasteiger partial charge in [-0.3, -0.25) is 9.69 Å². The largest absolute Gasteiger partial charge is 0.490 e. The topological polar surface area (TPSA) is 67.6 Å². The first-order valence-corrected chi connectivity index (χ1v) is 6.07. The molecule has 0 fully saturated rings. The van der Waals surface area contributed by atoms with Gasteiger partial charge in [0.1, 0.15) is 12.4 Å². The fourth-order valence-corrected chi connectivity index (χ4v) is 1.53. The monoisotopic (exact) mass is 251 g/mol. The van der Waals surface area contributed by atoms with Gasteiger partial charge in [0, 0.05) is 13.6 Å². The summed E-state index contributed by atoms with van der Waals surface area (Å²) in [6.07, 6.45) is 0. The number of carbonyl (C=O) groups excluding carboxylic acids is 1. The van der Waals surface area contributed by atoms with E-state index in [9.17, 15) is 4.79 Å². The summed E-state index contributed by atoms with van der Waals surface area (Å²) in [7, 11) is 1.64. The van der Waals surface area contributed by atoms with Crippen molar-refractivity contribution in [3.05, 3.63) is 24.3 Å². The summed E-state index contributed by atoms with van der Waals surface area (Å²) in [5.41, 5.74) is 6.40. The van der Waals surface area contributed by atoms with E-state index >= 15 is 0 Å². The van der Waals surface area contributed by atoms with E-state index in [0.717, 1.165) is 6.54 Å². The lowest BCUT2D eigenvalue weighted by Crippen LogP contribution is -2.37. The zero-order valence-corrected chi connectivity index (χ0v) is 11.0. The lowest BCUT2D eigenvalue weighted by molar-refractivity contribution is -0.121. The number of carbonyl (C=O) groups is 1. The lowest BCUT2D eigenvalue weighted by Gasteiger charge is -2.19. The Morgan fingerprint density at radius 2 is 2.17 bits per heavy atom. The maximum atomic E-state index is 11.3. The minimum atomic E-state index is 0.0103.